The second-order valence-electron chi connectivity index (χ2n) is 5.59. The van der Waals surface area contributed by atoms with Gasteiger partial charge in [0, 0.05) is 24.7 Å². The maximum absolute atomic E-state index is 14.0. The predicted molar refractivity (Wildman–Crippen MR) is 88.0 cm³/mol. The normalized spacial score (nSPS) is 14.3. The molecular formula is C17H23FN2S. The summed E-state index contributed by atoms with van der Waals surface area (Å²) in [6, 6.07) is 9.20. The second-order valence-corrected chi connectivity index (χ2v) is 6.37. The number of hydrogen-bond donors (Lipinski definition) is 1. The van der Waals surface area contributed by atoms with Gasteiger partial charge in [0.2, 0.25) is 0 Å². The monoisotopic (exact) mass is 306 g/mol. The van der Waals surface area contributed by atoms with E-state index in [0.29, 0.717) is 5.92 Å². The van der Waals surface area contributed by atoms with E-state index in [-0.39, 0.29) is 11.9 Å². The molecule has 1 aromatic heterocycles. The summed E-state index contributed by atoms with van der Waals surface area (Å²) in [6.07, 6.45) is 0. The number of nitrogens with zero attached hydrogens (tertiary/aromatic N) is 1. The Bertz CT molecular complexity index is 541. The van der Waals surface area contributed by atoms with Gasteiger partial charge in [0.1, 0.15) is 5.82 Å². The van der Waals surface area contributed by atoms with Gasteiger partial charge in [-0.2, -0.15) is 11.3 Å². The zero-order valence-electron chi connectivity index (χ0n) is 12.8. The number of hydrogen-bond acceptors (Lipinski definition) is 3. The molecule has 0 aliphatic rings. The van der Waals surface area contributed by atoms with Crippen LogP contribution in [0.2, 0.25) is 0 Å². The number of thiophene rings is 1. The first kappa shape index (κ1) is 16.1. The van der Waals surface area contributed by atoms with Crippen molar-refractivity contribution in [1.82, 2.24) is 10.2 Å². The molecule has 2 aromatic rings. The van der Waals surface area contributed by atoms with Gasteiger partial charge in [0.25, 0.3) is 0 Å². The smallest absolute Gasteiger partial charge is 0.127 e. The van der Waals surface area contributed by atoms with Gasteiger partial charge in [0.15, 0.2) is 0 Å². The average Bonchev–Trinajstić information content (AvgIpc) is 2.94. The fraction of sp³-hybridized carbons (Fsp3) is 0.412. The van der Waals surface area contributed by atoms with Crippen molar-refractivity contribution in [3.8, 4) is 0 Å². The molecule has 2 unspecified atom stereocenters. The number of nitrogens with one attached hydrogen (secondary N) is 1. The van der Waals surface area contributed by atoms with Crippen LogP contribution in [0.5, 0.6) is 0 Å². The molecule has 2 rings (SSSR count). The summed E-state index contributed by atoms with van der Waals surface area (Å²) in [5, 5.41) is 7.53. The average molecular weight is 306 g/mol. The summed E-state index contributed by atoms with van der Waals surface area (Å²) in [6.45, 7) is 4.01. The van der Waals surface area contributed by atoms with E-state index in [2.05, 4.69) is 41.0 Å². The number of benzene rings is 1. The lowest BCUT2D eigenvalue weighted by Crippen LogP contribution is -2.33. The van der Waals surface area contributed by atoms with Gasteiger partial charge in [-0.1, -0.05) is 25.1 Å². The van der Waals surface area contributed by atoms with Crippen LogP contribution in [0.15, 0.2) is 41.1 Å². The van der Waals surface area contributed by atoms with Crippen molar-refractivity contribution in [2.75, 3.05) is 20.6 Å². The minimum Gasteiger partial charge on any atom is -0.313 e. The summed E-state index contributed by atoms with van der Waals surface area (Å²) in [4.78, 5) is 2.29. The fourth-order valence-corrected chi connectivity index (χ4v) is 3.49. The highest BCUT2D eigenvalue weighted by molar-refractivity contribution is 7.07. The molecule has 0 aliphatic heterocycles. The topological polar surface area (TPSA) is 15.3 Å². The quantitative estimate of drug-likeness (QED) is 0.834. The molecule has 0 amide bonds. The van der Waals surface area contributed by atoms with Crippen LogP contribution in [-0.2, 0) is 6.54 Å². The van der Waals surface area contributed by atoms with Crippen LogP contribution in [0.4, 0.5) is 4.39 Å². The van der Waals surface area contributed by atoms with Crippen molar-refractivity contribution in [2.24, 2.45) is 5.92 Å². The summed E-state index contributed by atoms with van der Waals surface area (Å²) >= 11 is 1.72. The Morgan fingerprint density at radius 2 is 2.05 bits per heavy atom. The van der Waals surface area contributed by atoms with E-state index >= 15 is 0 Å². The van der Waals surface area contributed by atoms with E-state index in [9.17, 15) is 4.39 Å². The van der Waals surface area contributed by atoms with E-state index in [1.54, 1.807) is 17.4 Å². The van der Waals surface area contributed by atoms with Crippen LogP contribution in [0.25, 0.3) is 0 Å². The molecule has 4 heteroatoms. The standard InChI is InChI=1S/C17H23FN2S/c1-13(10-20(3)11-14-8-9-21-12-14)17(19-2)15-6-4-5-7-16(15)18/h4-9,12-13,17,19H,10-11H2,1-3H3. The highest BCUT2D eigenvalue weighted by atomic mass is 32.1. The maximum atomic E-state index is 14.0. The van der Waals surface area contributed by atoms with Gasteiger partial charge in [-0.15, -0.1) is 0 Å². The van der Waals surface area contributed by atoms with Crippen molar-refractivity contribution < 1.29 is 4.39 Å². The van der Waals surface area contributed by atoms with Crippen molar-refractivity contribution >= 4 is 11.3 Å². The lowest BCUT2D eigenvalue weighted by Gasteiger charge is -2.28. The molecule has 0 fully saturated rings. The van der Waals surface area contributed by atoms with Crippen LogP contribution in [-0.4, -0.2) is 25.5 Å². The Hall–Kier alpha value is -1.23. The molecular weight excluding hydrogens is 283 g/mol. The third-order valence-corrected chi connectivity index (χ3v) is 4.48. The number of halogens is 1. The Morgan fingerprint density at radius 1 is 1.29 bits per heavy atom. The third kappa shape index (κ3) is 4.37. The van der Waals surface area contributed by atoms with Crippen LogP contribution >= 0.6 is 11.3 Å². The maximum Gasteiger partial charge on any atom is 0.127 e. The van der Waals surface area contributed by atoms with Gasteiger partial charge in [-0.25, -0.2) is 4.39 Å². The summed E-state index contributed by atoms with van der Waals surface area (Å²) < 4.78 is 14.0. The Balaban J connectivity index is 2.00. The molecule has 0 spiro atoms. The predicted octanol–water partition coefficient (Wildman–Crippen LogP) is 3.92. The minimum absolute atomic E-state index is 0.0242. The largest absolute Gasteiger partial charge is 0.313 e. The SMILES string of the molecule is CNC(c1ccccc1F)C(C)CN(C)Cc1ccsc1. The molecule has 0 saturated heterocycles. The molecule has 1 aromatic carbocycles. The van der Waals surface area contributed by atoms with E-state index in [4.69, 9.17) is 0 Å². The molecule has 2 nitrogen and oxygen atoms in total. The summed E-state index contributed by atoms with van der Waals surface area (Å²) in [5.41, 5.74) is 2.08. The zero-order valence-corrected chi connectivity index (χ0v) is 13.7. The van der Waals surface area contributed by atoms with Crippen molar-refractivity contribution in [2.45, 2.75) is 19.5 Å². The lowest BCUT2D eigenvalue weighted by atomic mass is 9.93. The fourth-order valence-electron chi connectivity index (χ4n) is 2.83. The molecule has 1 N–H and O–H groups in total. The van der Waals surface area contributed by atoms with Gasteiger partial charge in [-0.3, -0.25) is 0 Å². The molecule has 0 bridgehead atoms. The van der Waals surface area contributed by atoms with Crippen molar-refractivity contribution in [3.63, 3.8) is 0 Å². The molecule has 0 saturated carbocycles. The highest BCUT2D eigenvalue weighted by Gasteiger charge is 2.21. The molecule has 21 heavy (non-hydrogen) atoms. The molecule has 1 heterocycles. The van der Waals surface area contributed by atoms with Crippen LogP contribution in [0, 0.1) is 11.7 Å². The van der Waals surface area contributed by atoms with Crippen molar-refractivity contribution in [1.29, 1.82) is 0 Å². The van der Waals surface area contributed by atoms with Crippen LogP contribution in [0.3, 0.4) is 0 Å². The first-order chi connectivity index (χ1) is 10.1. The Morgan fingerprint density at radius 3 is 2.67 bits per heavy atom. The lowest BCUT2D eigenvalue weighted by molar-refractivity contribution is 0.243. The zero-order chi connectivity index (χ0) is 15.2. The van der Waals surface area contributed by atoms with E-state index < -0.39 is 0 Å². The first-order valence-electron chi connectivity index (χ1n) is 7.23. The number of rotatable bonds is 7. The Labute approximate surface area is 130 Å². The van der Waals surface area contributed by atoms with Gasteiger partial charge in [0.05, 0.1) is 0 Å². The summed E-state index contributed by atoms with van der Waals surface area (Å²) in [7, 11) is 4.01. The van der Waals surface area contributed by atoms with Crippen LogP contribution in [0.1, 0.15) is 24.1 Å². The second kappa shape index (κ2) is 7.69. The molecule has 114 valence electrons. The molecule has 2 atom stereocenters. The van der Waals surface area contributed by atoms with Crippen LogP contribution < -0.4 is 5.32 Å². The van der Waals surface area contributed by atoms with Gasteiger partial charge < -0.3 is 10.2 Å². The highest BCUT2D eigenvalue weighted by Crippen LogP contribution is 2.25. The van der Waals surface area contributed by atoms with Gasteiger partial charge in [-0.05, 0) is 48.5 Å². The van der Waals surface area contributed by atoms with E-state index in [1.807, 2.05) is 19.2 Å². The molecule has 0 aliphatic carbocycles. The minimum atomic E-state index is -0.135. The summed E-state index contributed by atoms with van der Waals surface area (Å²) in [5.74, 6) is 0.180. The molecule has 0 radical (unpaired) electrons. The third-order valence-electron chi connectivity index (χ3n) is 3.75. The van der Waals surface area contributed by atoms with E-state index in [0.717, 1.165) is 18.7 Å². The van der Waals surface area contributed by atoms with Gasteiger partial charge >= 0.3 is 0 Å². The van der Waals surface area contributed by atoms with Crippen molar-refractivity contribution in [3.05, 3.63) is 58.0 Å². The first-order valence-corrected chi connectivity index (χ1v) is 8.17. The Kier molecular flexibility index (Phi) is 5.91. The van der Waals surface area contributed by atoms with E-state index in [1.165, 1.54) is 11.6 Å².